The maximum absolute atomic E-state index is 5.61. The highest BCUT2D eigenvalue weighted by molar-refractivity contribution is 7.80. The number of thiocarbonyl (C=S) groups is 1. The van der Waals surface area contributed by atoms with Crippen LogP contribution in [0, 0.1) is 0 Å². The van der Waals surface area contributed by atoms with Crippen molar-refractivity contribution < 1.29 is 4.42 Å². The van der Waals surface area contributed by atoms with Crippen molar-refractivity contribution in [3.8, 4) is 0 Å². The van der Waals surface area contributed by atoms with Crippen molar-refractivity contribution in [2.75, 3.05) is 25.0 Å². The van der Waals surface area contributed by atoms with E-state index in [9.17, 15) is 0 Å². The number of nitrogens with one attached hydrogen (secondary N) is 2. The van der Waals surface area contributed by atoms with E-state index in [2.05, 4.69) is 15.5 Å². The molecule has 0 unspecified atom stereocenters. The van der Waals surface area contributed by atoms with Crippen molar-refractivity contribution in [1.29, 1.82) is 0 Å². The lowest BCUT2D eigenvalue weighted by Gasteiger charge is -2.26. The number of rotatable bonds is 5. The molecular weight excluding hydrogens is 294 g/mol. The molecule has 0 spiro atoms. The molecule has 5 heteroatoms. The molecule has 116 valence electrons. The van der Waals surface area contributed by atoms with E-state index in [0.717, 1.165) is 31.1 Å². The molecule has 0 amide bonds. The van der Waals surface area contributed by atoms with Crippen LogP contribution in [0.3, 0.4) is 0 Å². The third kappa shape index (κ3) is 3.87. The predicted octanol–water partition coefficient (Wildman–Crippen LogP) is 3.40. The van der Waals surface area contributed by atoms with Gasteiger partial charge in [-0.3, -0.25) is 4.90 Å². The lowest BCUT2D eigenvalue weighted by atomic mass is 10.2. The summed E-state index contributed by atoms with van der Waals surface area (Å²) in [5, 5.41) is 7.16. The number of hydrogen-bond acceptors (Lipinski definition) is 3. The normalized spacial score (nSPS) is 16.4. The van der Waals surface area contributed by atoms with E-state index in [1.54, 1.807) is 6.26 Å². The first-order chi connectivity index (χ1) is 10.8. The highest BCUT2D eigenvalue weighted by Crippen LogP contribution is 2.24. The number of benzene rings is 1. The van der Waals surface area contributed by atoms with Crippen molar-refractivity contribution in [2.45, 2.75) is 18.9 Å². The first kappa shape index (κ1) is 15.1. The standard InChI is InChI=1S/C17H21N3OS/c22-17(19-14-7-2-1-3-8-14)18-13-15(16-9-6-12-21-16)20-10-4-5-11-20/h1-3,6-9,12,15H,4-5,10-11,13H2,(H2,18,19,22)/t15-/m1/s1. The maximum atomic E-state index is 5.61. The first-order valence-electron chi connectivity index (χ1n) is 7.70. The molecule has 4 nitrogen and oxygen atoms in total. The summed E-state index contributed by atoms with van der Waals surface area (Å²) in [5.41, 5.74) is 0.996. The largest absolute Gasteiger partial charge is 0.468 e. The van der Waals surface area contributed by atoms with Gasteiger partial charge < -0.3 is 15.1 Å². The second-order valence-electron chi connectivity index (χ2n) is 5.48. The average molecular weight is 315 g/mol. The fraction of sp³-hybridized carbons (Fsp3) is 0.353. The van der Waals surface area contributed by atoms with E-state index >= 15 is 0 Å². The third-order valence-corrected chi connectivity index (χ3v) is 4.19. The number of anilines is 1. The first-order valence-corrected chi connectivity index (χ1v) is 8.11. The van der Waals surface area contributed by atoms with Gasteiger partial charge in [0, 0.05) is 12.2 Å². The average Bonchev–Trinajstić information content (AvgIpc) is 3.22. The maximum Gasteiger partial charge on any atom is 0.170 e. The van der Waals surface area contributed by atoms with Crippen LogP contribution in [0.5, 0.6) is 0 Å². The summed E-state index contributed by atoms with van der Waals surface area (Å²) in [6.45, 7) is 2.98. The summed E-state index contributed by atoms with van der Waals surface area (Å²) in [6.07, 6.45) is 4.24. The summed E-state index contributed by atoms with van der Waals surface area (Å²) in [4.78, 5) is 2.46. The van der Waals surface area contributed by atoms with Gasteiger partial charge in [0.1, 0.15) is 5.76 Å². The minimum Gasteiger partial charge on any atom is -0.468 e. The van der Waals surface area contributed by atoms with E-state index < -0.39 is 0 Å². The number of nitrogens with zero attached hydrogens (tertiary/aromatic N) is 1. The summed E-state index contributed by atoms with van der Waals surface area (Å²) in [7, 11) is 0. The van der Waals surface area contributed by atoms with Gasteiger partial charge in [-0.05, 0) is 62.4 Å². The Morgan fingerprint density at radius 3 is 2.59 bits per heavy atom. The van der Waals surface area contributed by atoms with E-state index in [4.69, 9.17) is 16.6 Å². The topological polar surface area (TPSA) is 40.4 Å². The molecule has 2 heterocycles. The molecule has 1 aromatic carbocycles. The quantitative estimate of drug-likeness (QED) is 0.828. The van der Waals surface area contributed by atoms with Gasteiger partial charge in [-0.1, -0.05) is 18.2 Å². The molecule has 1 aliphatic rings. The van der Waals surface area contributed by atoms with Crippen molar-refractivity contribution in [3.63, 3.8) is 0 Å². The summed E-state index contributed by atoms with van der Waals surface area (Å²) in [5.74, 6) is 0.997. The van der Waals surface area contributed by atoms with Crippen LogP contribution in [0.1, 0.15) is 24.6 Å². The predicted molar refractivity (Wildman–Crippen MR) is 92.9 cm³/mol. The fourth-order valence-corrected chi connectivity index (χ4v) is 3.03. The van der Waals surface area contributed by atoms with Gasteiger partial charge in [0.05, 0.1) is 12.3 Å². The Labute approximate surface area is 136 Å². The smallest absolute Gasteiger partial charge is 0.170 e. The molecule has 2 N–H and O–H groups in total. The molecule has 1 atom stereocenters. The zero-order valence-electron chi connectivity index (χ0n) is 12.5. The molecule has 22 heavy (non-hydrogen) atoms. The highest BCUT2D eigenvalue weighted by atomic mass is 32.1. The lowest BCUT2D eigenvalue weighted by molar-refractivity contribution is 0.216. The molecule has 1 saturated heterocycles. The molecule has 1 aliphatic heterocycles. The second-order valence-corrected chi connectivity index (χ2v) is 5.88. The number of hydrogen-bond donors (Lipinski definition) is 2. The van der Waals surface area contributed by atoms with Crippen LogP contribution in [-0.2, 0) is 0 Å². The molecule has 1 fully saturated rings. The minimum absolute atomic E-state index is 0.230. The summed E-state index contributed by atoms with van der Waals surface area (Å²) in [6, 6.07) is 14.2. The SMILES string of the molecule is S=C(NC[C@H](c1ccco1)N1CCCC1)Nc1ccccc1. The van der Waals surface area contributed by atoms with Gasteiger partial charge >= 0.3 is 0 Å². The van der Waals surface area contributed by atoms with Gasteiger partial charge in [0.2, 0.25) is 0 Å². The molecule has 0 aliphatic carbocycles. The molecule has 1 aromatic heterocycles. The van der Waals surface area contributed by atoms with Crippen LogP contribution in [-0.4, -0.2) is 29.6 Å². The van der Waals surface area contributed by atoms with Crippen LogP contribution in [0.15, 0.2) is 53.1 Å². The Hall–Kier alpha value is -1.85. The number of para-hydroxylation sites is 1. The van der Waals surface area contributed by atoms with E-state index in [0.29, 0.717) is 5.11 Å². The van der Waals surface area contributed by atoms with E-state index in [1.807, 2.05) is 42.5 Å². The minimum atomic E-state index is 0.230. The zero-order chi connectivity index (χ0) is 15.2. The van der Waals surface area contributed by atoms with E-state index in [1.165, 1.54) is 12.8 Å². The van der Waals surface area contributed by atoms with Gasteiger partial charge in [0.25, 0.3) is 0 Å². The monoisotopic (exact) mass is 315 g/mol. The van der Waals surface area contributed by atoms with E-state index in [-0.39, 0.29) is 6.04 Å². The van der Waals surface area contributed by atoms with Gasteiger partial charge in [0.15, 0.2) is 5.11 Å². The summed E-state index contributed by atoms with van der Waals surface area (Å²) >= 11 is 5.39. The fourth-order valence-electron chi connectivity index (χ4n) is 2.83. The van der Waals surface area contributed by atoms with Crippen molar-refractivity contribution in [2.24, 2.45) is 0 Å². The molecule has 2 aromatic rings. The molecule has 0 saturated carbocycles. The third-order valence-electron chi connectivity index (χ3n) is 3.94. The Bertz CT molecular complexity index is 579. The Morgan fingerprint density at radius 2 is 1.91 bits per heavy atom. The zero-order valence-corrected chi connectivity index (χ0v) is 13.3. The molecule has 0 bridgehead atoms. The van der Waals surface area contributed by atoms with Gasteiger partial charge in [-0.2, -0.15) is 0 Å². The van der Waals surface area contributed by atoms with Crippen LogP contribution in [0.2, 0.25) is 0 Å². The van der Waals surface area contributed by atoms with Crippen LogP contribution in [0.4, 0.5) is 5.69 Å². The Morgan fingerprint density at radius 1 is 1.14 bits per heavy atom. The number of furan rings is 1. The van der Waals surface area contributed by atoms with Crippen molar-refractivity contribution >= 4 is 23.0 Å². The second kappa shape index (κ2) is 7.42. The summed E-state index contributed by atoms with van der Waals surface area (Å²) < 4.78 is 5.61. The highest BCUT2D eigenvalue weighted by Gasteiger charge is 2.25. The van der Waals surface area contributed by atoms with Crippen molar-refractivity contribution in [1.82, 2.24) is 10.2 Å². The number of likely N-dealkylation sites (tertiary alicyclic amines) is 1. The Kier molecular flexibility index (Phi) is 5.08. The molecule has 3 rings (SSSR count). The van der Waals surface area contributed by atoms with Gasteiger partial charge in [-0.25, -0.2) is 0 Å². The van der Waals surface area contributed by atoms with Crippen LogP contribution >= 0.6 is 12.2 Å². The Balaban J connectivity index is 1.58. The van der Waals surface area contributed by atoms with Crippen LogP contribution < -0.4 is 10.6 Å². The lowest BCUT2D eigenvalue weighted by Crippen LogP contribution is -2.38. The molecular formula is C17H21N3OS. The van der Waals surface area contributed by atoms with Gasteiger partial charge in [-0.15, -0.1) is 0 Å². The van der Waals surface area contributed by atoms with Crippen LogP contribution in [0.25, 0.3) is 0 Å². The van der Waals surface area contributed by atoms with Crippen molar-refractivity contribution in [3.05, 3.63) is 54.5 Å². The molecule has 0 radical (unpaired) electrons.